The summed E-state index contributed by atoms with van der Waals surface area (Å²) in [4.78, 5) is 21.3. The Labute approximate surface area is 204 Å². The third kappa shape index (κ3) is 5.35. The van der Waals surface area contributed by atoms with Crippen molar-refractivity contribution in [3.05, 3.63) is 39.1 Å². The van der Waals surface area contributed by atoms with Gasteiger partial charge >= 0.3 is 6.18 Å². The van der Waals surface area contributed by atoms with Crippen molar-refractivity contribution in [2.75, 3.05) is 45.3 Å². The Balaban J connectivity index is 1.75. The van der Waals surface area contributed by atoms with Crippen molar-refractivity contribution in [3.63, 3.8) is 0 Å². The number of alkyl halides is 3. The SMILES string of the molecule is CO/N=C(/C)c1cc(Cl)c(OC)cc1N1CCN(C(=O)Cn2nc(C(F)(F)F)c(Cl)c2C)CC1. The van der Waals surface area contributed by atoms with Crippen molar-refractivity contribution < 1.29 is 27.5 Å². The second kappa shape index (κ2) is 10.3. The molecule has 0 radical (unpaired) electrons. The normalized spacial score (nSPS) is 15.0. The predicted octanol–water partition coefficient (Wildman–Crippen LogP) is 4.24. The van der Waals surface area contributed by atoms with Crippen LogP contribution in [0.15, 0.2) is 17.3 Å². The first-order chi connectivity index (χ1) is 16.0. The molecule has 1 aliphatic rings. The van der Waals surface area contributed by atoms with E-state index >= 15 is 0 Å². The van der Waals surface area contributed by atoms with Crippen LogP contribution in [-0.4, -0.2) is 66.7 Å². The zero-order chi connectivity index (χ0) is 25.2. The molecule has 1 fully saturated rings. The molecule has 34 heavy (non-hydrogen) atoms. The Morgan fingerprint density at radius 3 is 2.35 bits per heavy atom. The molecule has 0 atom stereocenters. The Hall–Kier alpha value is -2.66. The van der Waals surface area contributed by atoms with Crippen LogP contribution in [0, 0.1) is 6.92 Å². The number of piperazine rings is 1. The topological polar surface area (TPSA) is 72.2 Å². The molecule has 1 aromatic heterocycles. The van der Waals surface area contributed by atoms with Crippen LogP contribution in [0.25, 0.3) is 0 Å². The van der Waals surface area contributed by atoms with Gasteiger partial charge in [-0.3, -0.25) is 9.48 Å². The lowest BCUT2D eigenvalue weighted by Gasteiger charge is -2.37. The maximum atomic E-state index is 13.1. The van der Waals surface area contributed by atoms with Crippen LogP contribution in [0.4, 0.5) is 18.9 Å². The van der Waals surface area contributed by atoms with Crippen LogP contribution in [-0.2, 0) is 22.4 Å². The second-order valence-corrected chi connectivity index (χ2v) is 8.42. The van der Waals surface area contributed by atoms with Gasteiger partial charge in [0.2, 0.25) is 5.91 Å². The lowest BCUT2D eigenvalue weighted by molar-refractivity contribution is -0.142. The average molecular weight is 522 g/mol. The van der Waals surface area contributed by atoms with Gasteiger partial charge in [-0.1, -0.05) is 28.4 Å². The fraction of sp³-hybridized carbons (Fsp3) is 0.476. The minimum absolute atomic E-state index is 0.0896. The van der Waals surface area contributed by atoms with Crippen molar-refractivity contribution in [2.45, 2.75) is 26.6 Å². The smallest absolute Gasteiger partial charge is 0.436 e. The van der Waals surface area contributed by atoms with Crippen molar-refractivity contribution in [3.8, 4) is 5.75 Å². The van der Waals surface area contributed by atoms with E-state index < -0.39 is 16.9 Å². The van der Waals surface area contributed by atoms with Crippen LogP contribution in [0.1, 0.15) is 23.9 Å². The number of ether oxygens (including phenoxy) is 1. The summed E-state index contributed by atoms with van der Waals surface area (Å²) in [5.41, 5.74) is 1.09. The van der Waals surface area contributed by atoms with Gasteiger partial charge in [0.25, 0.3) is 0 Å². The molecular weight excluding hydrogens is 498 g/mol. The van der Waals surface area contributed by atoms with E-state index in [0.29, 0.717) is 42.7 Å². The van der Waals surface area contributed by atoms with E-state index in [1.54, 1.807) is 24.0 Å². The lowest BCUT2D eigenvalue weighted by atomic mass is 10.1. The third-order valence-corrected chi connectivity index (χ3v) is 6.30. The van der Waals surface area contributed by atoms with Crippen LogP contribution < -0.4 is 9.64 Å². The molecule has 0 bridgehead atoms. The third-order valence-electron chi connectivity index (χ3n) is 5.55. The first-order valence-electron chi connectivity index (χ1n) is 10.3. The molecule has 8 nitrogen and oxygen atoms in total. The van der Waals surface area contributed by atoms with Gasteiger partial charge in [0.15, 0.2) is 5.69 Å². The lowest BCUT2D eigenvalue weighted by Crippen LogP contribution is -2.50. The number of carbonyl (C=O) groups is 1. The van der Waals surface area contributed by atoms with Gasteiger partial charge in [-0.2, -0.15) is 18.3 Å². The summed E-state index contributed by atoms with van der Waals surface area (Å²) in [7, 11) is 2.97. The highest BCUT2D eigenvalue weighted by molar-refractivity contribution is 6.33. The van der Waals surface area contributed by atoms with E-state index in [-0.39, 0.29) is 18.1 Å². The van der Waals surface area contributed by atoms with Crippen LogP contribution >= 0.6 is 23.2 Å². The number of hydrogen-bond acceptors (Lipinski definition) is 6. The summed E-state index contributed by atoms with van der Waals surface area (Å²) in [6.45, 7) is 4.55. The molecule has 2 aromatic rings. The van der Waals surface area contributed by atoms with Crippen LogP contribution in [0.2, 0.25) is 10.0 Å². The minimum Gasteiger partial charge on any atom is -0.495 e. The van der Waals surface area contributed by atoms with Crippen molar-refractivity contribution in [2.24, 2.45) is 5.16 Å². The standard InChI is InChI=1S/C21H24Cl2F3N5O3/c1-12(28-34-4)14-9-15(22)17(33-3)10-16(14)29-5-7-30(8-6-29)18(32)11-31-13(2)19(23)20(27-31)21(24,25)26/h9-10H,5-8,11H2,1-4H3/b28-12-. The van der Waals surface area contributed by atoms with Gasteiger partial charge in [0, 0.05) is 43.5 Å². The number of benzene rings is 1. The van der Waals surface area contributed by atoms with E-state index in [1.165, 1.54) is 21.1 Å². The van der Waals surface area contributed by atoms with Crippen LogP contribution in [0.3, 0.4) is 0 Å². The quantitative estimate of drug-likeness (QED) is 0.419. The molecule has 13 heteroatoms. The summed E-state index contributed by atoms with van der Waals surface area (Å²) in [6.07, 6.45) is -4.69. The van der Waals surface area contributed by atoms with Gasteiger partial charge in [0.1, 0.15) is 19.4 Å². The summed E-state index contributed by atoms with van der Waals surface area (Å²) >= 11 is 12.1. The van der Waals surface area contributed by atoms with Gasteiger partial charge < -0.3 is 19.4 Å². The highest BCUT2D eigenvalue weighted by Gasteiger charge is 2.38. The number of hydrogen-bond donors (Lipinski definition) is 0. The molecular formula is C21H24Cl2F3N5O3. The second-order valence-electron chi connectivity index (χ2n) is 7.63. The fourth-order valence-corrected chi connectivity index (χ4v) is 4.20. The molecule has 0 N–H and O–H groups in total. The maximum absolute atomic E-state index is 13.1. The van der Waals surface area contributed by atoms with Gasteiger partial charge in [-0.05, 0) is 19.9 Å². The molecule has 0 spiro atoms. The average Bonchev–Trinajstić information content (AvgIpc) is 3.08. The number of oxime groups is 1. The van der Waals surface area contributed by atoms with E-state index in [0.717, 1.165) is 15.9 Å². The predicted molar refractivity (Wildman–Crippen MR) is 123 cm³/mol. The van der Waals surface area contributed by atoms with Gasteiger partial charge in [0.05, 0.1) is 28.6 Å². The zero-order valence-corrected chi connectivity index (χ0v) is 20.6. The minimum atomic E-state index is -4.69. The number of anilines is 1. The highest BCUT2D eigenvalue weighted by Crippen LogP contribution is 2.36. The molecule has 3 rings (SSSR count). The summed E-state index contributed by atoms with van der Waals surface area (Å²) in [6, 6.07) is 3.55. The van der Waals surface area contributed by atoms with Gasteiger partial charge in [-0.25, -0.2) is 0 Å². The number of carbonyl (C=O) groups excluding carboxylic acids is 1. The van der Waals surface area contributed by atoms with E-state index in [9.17, 15) is 18.0 Å². The summed E-state index contributed by atoms with van der Waals surface area (Å²) < 4.78 is 45.5. The fourth-order valence-electron chi connectivity index (χ4n) is 3.72. The van der Waals surface area contributed by atoms with Crippen molar-refractivity contribution in [1.29, 1.82) is 0 Å². The maximum Gasteiger partial charge on any atom is 0.436 e. The molecule has 186 valence electrons. The first-order valence-corrected chi connectivity index (χ1v) is 11.0. The molecule has 0 saturated carbocycles. The first kappa shape index (κ1) is 26.0. The van der Waals surface area contributed by atoms with E-state index in [4.69, 9.17) is 32.8 Å². The number of amides is 1. The zero-order valence-electron chi connectivity index (χ0n) is 19.0. The van der Waals surface area contributed by atoms with Crippen LogP contribution in [0.5, 0.6) is 5.75 Å². The molecule has 1 saturated heterocycles. The Morgan fingerprint density at radius 1 is 1.18 bits per heavy atom. The monoisotopic (exact) mass is 521 g/mol. The highest BCUT2D eigenvalue weighted by atomic mass is 35.5. The molecule has 1 aliphatic heterocycles. The molecule has 2 heterocycles. The van der Waals surface area contributed by atoms with E-state index in [2.05, 4.69) is 15.2 Å². The number of halogens is 5. The number of nitrogens with zero attached hydrogens (tertiary/aromatic N) is 5. The molecule has 1 amide bonds. The number of rotatable bonds is 6. The molecule has 1 aromatic carbocycles. The van der Waals surface area contributed by atoms with Crippen molar-refractivity contribution in [1.82, 2.24) is 14.7 Å². The Morgan fingerprint density at radius 2 is 1.82 bits per heavy atom. The number of aromatic nitrogens is 2. The number of methoxy groups -OCH3 is 1. The summed E-state index contributed by atoms with van der Waals surface area (Å²) in [5, 5.41) is 7.43. The van der Waals surface area contributed by atoms with E-state index in [1.807, 2.05) is 0 Å². The molecule has 0 aliphatic carbocycles. The Kier molecular flexibility index (Phi) is 7.87. The van der Waals surface area contributed by atoms with Gasteiger partial charge in [-0.15, -0.1) is 0 Å². The Bertz CT molecular complexity index is 1100. The summed E-state index contributed by atoms with van der Waals surface area (Å²) in [5.74, 6) is 0.150. The van der Waals surface area contributed by atoms with Crippen molar-refractivity contribution >= 4 is 40.5 Å². The molecule has 0 unspecified atom stereocenters. The largest absolute Gasteiger partial charge is 0.495 e.